The molecule has 0 radical (unpaired) electrons. The van der Waals surface area contributed by atoms with E-state index in [1.165, 1.54) is 16.3 Å². The fourth-order valence-corrected chi connectivity index (χ4v) is 1.74. The van der Waals surface area contributed by atoms with Gasteiger partial charge in [-0.05, 0) is 23.3 Å². The summed E-state index contributed by atoms with van der Waals surface area (Å²) < 4.78 is 29.0. The lowest BCUT2D eigenvalue weighted by Gasteiger charge is -1.92. The van der Waals surface area contributed by atoms with Gasteiger partial charge in [-0.25, -0.2) is 0 Å². The number of nitrogens with zero attached hydrogens (tertiary/aromatic N) is 1. The maximum atomic E-state index is 9.49. The Morgan fingerprint density at radius 1 is 0.905 bits per heavy atom. The van der Waals surface area contributed by atoms with E-state index in [0.29, 0.717) is 0 Å². The minimum Gasteiger partial charge on any atom is -0.267 e. The molecule has 0 fully saturated rings. The first kappa shape index (κ1) is 16.9. The molecular formula is C15H13NO3S2. The van der Waals surface area contributed by atoms with Gasteiger partial charge in [0.2, 0.25) is 0 Å². The van der Waals surface area contributed by atoms with Crippen molar-refractivity contribution >= 4 is 39.8 Å². The van der Waals surface area contributed by atoms with Crippen LogP contribution in [-0.2, 0) is 10.3 Å². The van der Waals surface area contributed by atoms with Crippen molar-refractivity contribution in [1.29, 1.82) is 0 Å². The normalized spacial score (nSPS) is 10.3. The van der Waals surface area contributed by atoms with Crippen molar-refractivity contribution in [1.82, 2.24) is 0 Å². The van der Waals surface area contributed by atoms with Crippen LogP contribution in [0, 0.1) is 0 Å². The standard InChI is InChI=1S/C14H12.CHNO3S2/c1-3-7-13(8-4-1)11-12-14-9-5-2-6-10-14;3-7(4,5)2-1-6/h1-12H;(H,3,4,5). The van der Waals surface area contributed by atoms with Crippen LogP contribution in [-0.4, -0.2) is 18.1 Å². The number of rotatable bonds is 3. The minimum absolute atomic E-state index is 1.23. The van der Waals surface area contributed by atoms with Crippen molar-refractivity contribution in [2.45, 2.75) is 0 Å². The van der Waals surface area contributed by atoms with E-state index in [1.54, 1.807) is 0 Å². The lowest BCUT2D eigenvalue weighted by molar-refractivity contribution is 0.485. The summed E-state index contributed by atoms with van der Waals surface area (Å²) in [6.45, 7) is 0. The Morgan fingerprint density at radius 3 is 1.52 bits per heavy atom. The molecule has 0 unspecified atom stereocenters. The molecule has 2 aromatic rings. The summed E-state index contributed by atoms with van der Waals surface area (Å²) in [5.41, 5.74) is 2.47. The van der Waals surface area contributed by atoms with Gasteiger partial charge in [0.25, 0.3) is 0 Å². The fraction of sp³-hybridized carbons (Fsp3) is 0. The molecule has 0 aliphatic rings. The van der Waals surface area contributed by atoms with Crippen molar-refractivity contribution in [2.24, 2.45) is 4.40 Å². The number of thiocarbonyl (C=S) groups is 1. The van der Waals surface area contributed by atoms with Crippen LogP contribution in [0.2, 0.25) is 0 Å². The molecule has 0 atom stereocenters. The van der Waals surface area contributed by atoms with E-state index in [9.17, 15) is 8.42 Å². The van der Waals surface area contributed by atoms with E-state index in [-0.39, 0.29) is 0 Å². The number of hydrogen-bond donors (Lipinski definition) is 1. The van der Waals surface area contributed by atoms with Crippen LogP contribution in [0.15, 0.2) is 65.1 Å². The molecule has 2 aromatic carbocycles. The van der Waals surface area contributed by atoms with Crippen LogP contribution in [0.1, 0.15) is 11.1 Å². The highest BCUT2D eigenvalue weighted by atomic mass is 32.2. The van der Waals surface area contributed by atoms with Gasteiger partial charge in [-0.15, -0.1) is 0 Å². The van der Waals surface area contributed by atoms with E-state index in [1.807, 2.05) is 36.4 Å². The molecule has 21 heavy (non-hydrogen) atoms. The molecule has 6 heteroatoms. The summed E-state index contributed by atoms with van der Waals surface area (Å²) in [4.78, 5) is 0. The monoisotopic (exact) mass is 319 g/mol. The number of benzene rings is 2. The summed E-state index contributed by atoms with van der Waals surface area (Å²) >= 11 is 3.84. The van der Waals surface area contributed by atoms with Gasteiger partial charge in [0.15, 0.2) is 0 Å². The topological polar surface area (TPSA) is 66.7 Å². The Morgan fingerprint density at radius 2 is 1.29 bits per heavy atom. The lowest BCUT2D eigenvalue weighted by Crippen LogP contribution is -1.87. The molecule has 0 aromatic heterocycles. The zero-order valence-electron chi connectivity index (χ0n) is 11.0. The van der Waals surface area contributed by atoms with Gasteiger partial charge in [0.1, 0.15) is 0 Å². The highest BCUT2D eigenvalue weighted by Crippen LogP contribution is 2.06. The van der Waals surface area contributed by atoms with Crippen LogP contribution >= 0.6 is 12.2 Å². The molecule has 0 aliphatic carbocycles. The largest absolute Gasteiger partial charge is 0.386 e. The molecule has 0 saturated heterocycles. The summed E-state index contributed by atoms with van der Waals surface area (Å²) in [6, 6.07) is 20.6. The Hall–Kier alpha value is -2.11. The van der Waals surface area contributed by atoms with Gasteiger partial charge >= 0.3 is 10.3 Å². The third-order valence-electron chi connectivity index (χ3n) is 2.22. The van der Waals surface area contributed by atoms with E-state index < -0.39 is 10.3 Å². The maximum Gasteiger partial charge on any atom is 0.386 e. The number of hydrogen-bond acceptors (Lipinski definition) is 3. The molecule has 0 spiro atoms. The molecule has 0 bridgehead atoms. The molecule has 4 nitrogen and oxygen atoms in total. The van der Waals surface area contributed by atoms with Crippen LogP contribution in [0.5, 0.6) is 0 Å². The van der Waals surface area contributed by atoms with Crippen molar-refractivity contribution in [3.8, 4) is 0 Å². The zero-order valence-corrected chi connectivity index (χ0v) is 12.6. The van der Waals surface area contributed by atoms with E-state index >= 15 is 0 Å². The van der Waals surface area contributed by atoms with Crippen molar-refractivity contribution in [2.75, 3.05) is 0 Å². The Kier molecular flexibility index (Phi) is 7.21. The first-order chi connectivity index (χ1) is 10.0. The first-order valence-electron chi connectivity index (χ1n) is 5.86. The first-order valence-corrected chi connectivity index (χ1v) is 7.66. The SMILES string of the molecule is C(=Cc1ccccc1)c1ccccc1.O=S(=O)(O)N=C=S. The van der Waals surface area contributed by atoms with Gasteiger partial charge in [0.05, 0.1) is 5.16 Å². The molecule has 108 valence electrons. The summed E-state index contributed by atoms with van der Waals surface area (Å²) in [5.74, 6) is 0. The second-order valence-corrected chi connectivity index (χ2v) is 5.05. The maximum absolute atomic E-state index is 9.49. The predicted octanol–water partition coefficient (Wildman–Crippen LogP) is 3.75. The Balaban J connectivity index is 0.000000270. The zero-order chi connectivity index (χ0) is 15.6. The molecule has 0 saturated carbocycles. The van der Waals surface area contributed by atoms with Gasteiger partial charge in [0, 0.05) is 0 Å². The van der Waals surface area contributed by atoms with E-state index in [2.05, 4.69) is 53.0 Å². The smallest absolute Gasteiger partial charge is 0.267 e. The van der Waals surface area contributed by atoms with Crippen LogP contribution in [0.25, 0.3) is 12.2 Å². The quantitative estimate of drug-likeness (QED) is 0.405. The van der Waals surface area contributed by atoms with E-state index in [0.717, 1.165) is 0 Å². The van der Waals surface area contributed by atoms with E-state index in [4.69, 9.17) is 4.55 Å². The lowest BCUT2D eigenvalue weighted by atomic mass is 10.1. The molecular weight excluding hydrogens is 306 g/mol. The molecule has 1 N–H and O–H groups in total. The second kappa shape index (κ2) is 8.94. The van der Waals surface area contributed by atoms with Crippen LogP contribution in [0.3, 0.4) is 0 Å². The second-order valence-electron chi connectivity index (χ2n) is 3.79. The van der Waals surface area contributed by atoms with Gasteiger partial charge < -0.3 is 0 Å². The number of isothiocyanates is 1. The Bertz CT molecular complexity index is 679. The molecule has 0 amide bonds. The third-order valence-corrected chi connectivity index (χ3v) is 2.75. The fourth-order valence-electron chi connectivity index (χ4n) is 1.37. The van der Waals surface area contributed by atoms with Crippen LogP contribution < -0.4 is 0 Å². The highest BCUT2D eigenvalue weighted by Gasteiger charge is 1.92. The highest BCUT2D eigenvalue weighted by molar-refractivity contribution is 7.85. The van der Waals surface area contributed by atoms with Crippen LogP contribution in [0.4, 0.5) is 0 Å². The van der Waals surface area contributed by atoms with Crippen molar-refractivity contribution in [3.63, 3.8) is 0 Å². The summed E-state index contributed by atoms with van der Waals surface area (Å²) in [7, 11) is -4.26. The summed E-state index contributed by atoms with van der Waals surface area (Å²) in [5, 5.41) is 1.48. The van der Waals surface area contributed by atoms with Gasteiger partial charge in [-0.1, -0.05) is 77.2 Å². The molecule has 0 heterocycles. The van der Waals surface area contributed by atoms with Crippen molar-refractivity contribution in [3.05, 3.63) is 71.8 Å². The third kappa shape index (κ3) is 8.62. The average molecular weight is 319 g/mol. The van der Waals surface area contributed by atoms with Crippen molar-refractivity contribution < 1.29 is 13.0 Å². The summed E-state index contributed by atoms with van der Waals surface area (Å²) in [6.07, 6.45) is 4.24. The predicted molar refractivity (Wildman–Crippen MR) is 88.4 cm³/mol. The van der Waals surface area contributed by atoms with Gasteiger partial charge in [-0.3, -0.25) is 4.55 Å². The Labute approximate surface area is 129 Å². The average Bonchev–Trinajstić information content (AvgIpc) is 2.47. The van der Waals surface area contributed by atoms with Gasteiger partial charge in [-0.2, -0.15) is 8.42 Å². The molecule has 0 aliphatic heterocycles. The molecule has 2 rings (SSSR count). The minimum atomic E-state index is -4.26.